The molecular weight excluding hydrogens is 375 g/mol. The van der Waals surface area contributed by atoms with Crippen molar-refractivity contribution in [3.8, 4) is 5.75 Å². The topological polar surface area (TPSA) is 59.6 Å². The maximum atomic E-state index is 12.2. The van der Waals surface area contributed by atoms with E-state index in [0.29, 0.717) is 28.1 Å². The smallest absolute Gasteiger partial charge is 0.243 e. The summed E-state index contributed by atoms with van der Waals surface area (Å²) >= 11 is 12.0. The average Bonchev–Trinajstić information content (AvgIpc) is 3.15. The van der Waals surface area contributed by atoms with Crippen LogP contribution < -0.4 is 15.4 Å². The Kier molecular flexibility index (Phi) is 6.61. The number of rotatable bonds is 7. The van der Waals surface area contributed by atoms with Crippen LogP contribution in [0.4, 0.5) is 11.4 Å². The van der Waals surface area contributed by atoms with Crippen molar-refractivity contribution in [1.82, 2.24) is 0 Å². The zero-order valence-electron chi connectivity index (χ0n) is 14.1. The Balaban J connectivity index is 1.55. The summed E-state index contributed by atoms with van der Waals surface area (Å²) in [7, 11) is 0. The van der Waals surface area contributed by atoms with Crippen LogP contribution in [0.3, 0.4) is 0 Å². The van der Waals surface area contributed by atoms with Gasteiger partial charge < -0.3 is 20.1 Å². The van der Waals surface area contributed by atoms with Gasteiger partial charge in [-0.25, -0.2) is 0 Å². The van der Waals surface area contributed by atoms with Gasteiger partial charge in [0.25, 0.3) is 0 Å². The van der Waals surface area contributed by atoms with Crippen LogP contribution in [0.5, 0.6) is 5.75 Å². The van der Waals surface area contributed by atoms with E-state index in [1.54, 1.807) is 18.2 Å². The Morgan fingerprint density at radius 2 is 2.04 bits per heavy atom. The quantitative estimate of drug-likeness (QED) is 0.719. The molecule has 2 aromatic rings. The lowest BCUT2D eigenvalue weighted by molar-refractivity contribution is -0.114. The standard InChI is InChI=1S/C19H20Cl2N2O3/c20-13-7-8-15(21)17(10-13)23-19(24)11-22-16-5-1-2-6-18(16)26-12-14-4-3-9-25-14/h1-2,5-8,10,14,22H,3-4,9,11-12H2,(H,23,24). The third kappa shape index (κ3) is 5.27. The summed E-state index contributed by atoms with van der Waals surface area (Å²) in [6.45, 7) is 1.37. The van der Waals surface area contributed by atoms with Gasteiger partial charge in [-0.1, -0.05) is 35.3 Å². The van der Waals surface area contributed by atoms with Gasteiger partial charge in [0, 0.05) is 11.6 Å². The third-order valence-electron chi connectivity index (χ3n) is 3.98. The van der Waals surface area contributed by atoms with Crippen molar-refractivity contribution in [2.45, 2.75) is 18.9 Å². The Morgan fingerprint density at radius 3 is 2.85 bits per heavy atom. The molecule has 7 heteroatoms. The molecule has 0 radical (unpaired) electrons. The molecular formula is C19H20Cl2N2O3. The van der Waals surface area contributed by atoms with Crippen molar-refractivity contribution in [2.75, 3.05) is 30.4 Å². The summed E-state index contributed by atoms with van der Waals surface area (Å²) < 4.78 is 11.4. The predicted molar refractivity (Wildman–Crippen MR) is 104 cm³/mol. The van der Waals surface area contributed by atoms with Gasteiger partial charge in [-0.15, -0.1) is 0 Å². The molecule has 1 aliphatic rings. The van der Waals surface area contributed by atoms with Crippen LogP contribution in [0.15, 0.2) is 42.5 Å². The minimum Gasteiger partial charge on any atom is -0.489 e. The van der Waals surface area contributed by atoms with E-state index in [2.05, 4.69) is 10.6 Å². The lowest BCUT2D eigenvalue weighted by Gasteiger charge is -2.15. The van der Waals surface area contributed by atoms with Crippen LogP contribution in [0.2, 0.25) is 10.0 Å². The minimum atomic E-state index is -0.233. The summed E-state index contributed by atoms with van der Waals surface area (Å²) in [5.74, 6) is 0.458. The first kappa shape index (κ1) is 18.8. The van der Waals surface area contributed by atoms with Crippen LogP contribution >= 0.6 is 23.2 Å². The molecule has 0 spiro atoms. The number of hydrogen-bond acceptors (Lipinski definition) is 4. The molecule has 1 aliphatic heterocycles. The van der Waals surface area contributed by atoms with E-state index in [-0.39, 0.29) is 18.6 Å². The van der Waals surface area contributed by atoms with E-state index >= 15 is 0 Å². The monoisotopic (exact) mass is 394 g/mol. The van der Waals surface area contributed by atoms with Gasteiger partial charge in [-0.2, -0.15) is 0 Å². The van der Waals surface area contributed by atoms with Crippen LogP contribution in [-0.2, 0) is 9.53 Å². The van der Waals surface area contributed by atoms with Crippen LogP contribution in [0.25, 0.3) is 0 Å². The van der Waals surface area contributed by atoms with Gasteiger partial charge in [-0.3, -0.25) is 4.79 Å². The highest BCUT2D eigenvalue weighted by atomic mass is 35.5. The largest absolute Gasteiger partial charge is 0.489 e. The van der Waals surface area contributed by atoms with Crippen molar-refractivity contribution in [1.29, 1.82) is 0 Å². The molecule has 2 aromatic carbocycles. The number of hydrogen-bond donors (Lipinski definition) is 2. The fourth-order valence-electron chi connectivity index (χ4n) is 2.66. The molecule has 0 aliphatic carbocycles. The number of carbonyl (C=O) groups is 1. The Hall–Kier alpha value is -1.95. The molecule has 0 bridgehead atoms. The molecule has 26 heavy (non-hydrogen) atoms. The second-order valence-corrected chi connectivity index (χ2v) is 6.81. The maximum Gasteiger partial charge on any atom is 0.243 e. The summed E-state index contributed by atoms with van der Waals surface area (Å²) in [4.78, 5) is 12.2. The van der Waals surface area contributed by atoms with Crippen molar-refractivity contribution >= 4 is 40.5 Å². The highest BCUT2D eigenvalue weighted by Gasteiger charge is 2.17. The predicted octanol–water partition coefficient (Wildman–Crippen LogP) is 4.60. The van der Waals surface area contributed by atoms with Crippen molar-refractivity contribution < 1.29 is 14.3 Å². The molecule has 5 nitrogen and oxygen atoms in total. The van der Waals surface area contributed by atoms with E-state index in [1.807, 2.05) is 24.3 Å². The van der Waals surface area contributed by atoms with Gasteiger partial charge in [0.15, 0.2) is 0 Å². The van der Waals surface area contributed by atoms with Crippen molar-refractivity contribution in [2.24, 2.45) is 0 Å². The number of benzene rings is 2. The Morgan fingerprint density at radius 1 is 1.19 bits per heavy atom. The molecule has 0 aromatic heterocycles. The SMILES string of the molecule is O=C(CNc1ccccc1OCC1CCCO1)Nc1cc(Cl)ccc1Cl. The van der Waals surface area contributed by atoms with Crippen LogP contribution in [0.1, 0.15) is 12.8 Å². The molecule has 1 atom stereocenters. The van der Waals surface area contributed by atoms with Crippen LogP contribution in [0, 0.1) is 0 Å². The molecule has 138 valence electrons. The number of carbonyl (C=O) groups excluding carboxylic acids is 1. The van der Waals surface area contributed by atoms with Crippen LogP contribution in [-0.4, -0.2) is 31.8 Å². The first-order valence-electron chi connectivity index (χ1n) is 8.44. The summed E-state index contributed by atoms with van der Waals surface area (Å²) in [6.07, 6.45) is 2.22. The number of halogens is 2. The molecule has 1 fully saturated rings. The molecule has 3 rings (SSSR count). The fourth-order valence-corrected chi connectivity index (χ4v) is 3.00. The summed E-state index contributed by atoms with van der Waals surface area (Å²) in [6, 6.07) is 12.4. The molecule has 0 saturated carbocycles. The van der Waals surface area contributed by atoms with E-state index < -0.39 is 0 Å². The van der Waals surface area contributed by atoms with E-state index in [0.717, 1.165) is 25.1 Å². The molecule has 1 unspecified atom stereocenters. The minimum absolute atomic E-state index is 0.0726. The highest BCUT2D eigenvalue weighted by molar-refractivity contribution is 6.35. The third-order valence-corrected chi connectivity index (χ3v) is 4.54. The number of ether oxygens (including phenoxy) is 2. The van der Waals surface area contributed by atoms with Gasteiger partial charge in [0.1, 0.15) is 12.4 Å². The van der Waals surface area contributed by atoms with E-state index in [4.69, 9.17) is 32.7 Å². The molecule has 1 heterocycles. The summed E-state index contributed by atoms with van der Waals surface area (Å²) in [5, 5.41) is 6.77. The fraction of sp³-hybridized carbons (Fsp3) is 0.316. The number of nitrogens with one attached hydrogen (secondary N) is 2. The maximum absolute atomic E-state index is 12.2. The first-order valence-corrected chi connectivity index (χ1v) is 9.19. The number of anilines is 2. The summed E-state index contributed by atoms with van der Waals surface area (Å²) in [5.41, 5.74) is 1.23. The van der Waals surface area contributed by atoms with E-state index in [9.17, 15) is 4.79 Å². The van der Waals surface area contributed by atoms with Gasteiger partial charge in [0.05, 0.1) is 29.0 Å². The first-order chi connectivity index (χ1) is 12.6. The lowest BCUT2D eigenvalue weighted by Crippen LogP contribution is -2.22. The Bertz CT molecular complexity index is 764. The van der Waals surface area contributed by atoms with Crippen molar-refractivity contribution in [3.63, 3.8) is 0 Å². The average molecular weight is 395 g/mol. The molecule has 1 saturated heterocycles. The molecule has 2 N–H and O–H groups in total. The van der Waals surface area contributed by atoms with E-state index in [1.165, 1.54) is 0 Å². The van der Waals surface area contributed by atoms with Gasteiger partial charge in [0.2, 0.25) is 5.91 Å². The van der Waals surface area contributed by atoms with Gasteiger partial charge in [-0.05, 0) is 43.2 Å². The Labute approximate surface area is 162 Å². The number of amides is 1. The number of para-hydroxylation sites is 2. The lowest BCUT2D eigenvalue weighted by atomic mass is 10.2. The normalized spacial score (nSPS) is 16.3. The molecule has 1 amide bonds. The zero-order valence-corrected chi connectivity index (χ0v) is 15.6. The second kappa shape index (κ2) is 9.12. The zero-order chi connectivity index (χ0) is 18.4. The highest BCUT2D eigenvalue weighted by Crippen LogP contribution is 2.26. The van der Waals surface area contributed by atoms with Crippen molar-refractivity contribution in [3.05, 3.63) is 52.5 Å². The second-order valence-electron chi connectivity index (χ2n) is 5.97. The van der Waals surface area contributed by atoms with Gasteiger partial charge >= 0.3 is 0 Å².